The van der Waals surface area contributed by atoms with Crippen LogP contribution in [-0.2, 0) is 4.74 Å². The molecule has 0 aliphatic carbocycles. The largest absolute Gasteiger partial charge is 0.450 e. The standard InChI is InChI=1S/C9H19N3O2S/c1-4-14-9(13)11-8(15)10-6-5-7-12(2)3/h4-7H2,1-3H3,(H2,10,11,13,15). The summed E-state index contributed by atoms with van der Waals surface area (Å²) in [5.74, 6) is 0. The Hall–Kier alpha value is -0.880. The predicted octanol–water partition coefficient (Wildman–Crippen LogP) is 0.559. The Bertz CT molecular complexity index is 210. The summed E-state index contributed by atoms with van der Waals surface area (Å²) in [7, 11) is 4.02. The van der Waals surface area contributed by atoms with Gasteiger partial charge in [0.05, 0.1) is 6.61 Å². The second-order valence-corrected chi connectivity index (χ2v) is 3.67. The lowest BCUT2D eigenvalue weighted by atomic mass is 10.4. The maximum atomic E-state index is 10.9. The molecule has 0 spiro atoms. The van der Waals surface area contributed by atoms with Crippen molar-refractivity contribution in [3.8, 4) is 0 Å². The maximum absolute atomic E-state index is 10.9. The normalized spacial score (nSPS) is 9.87. The van der Waals surface area contributed by atoms with E-state index in [9.17, 15) is 4.79 Å². The van der Waals surface area contributed by atoms with Gasteiger partial charge in [0.1, 0.15) is 0 Å². The van der Waals surface area contributed by atoms with Crippen LogP contribution in [0.4, 0.5) is 4.79 Å². The number of alkyl carbamates (subject to hydrolysis) is 1. The molecule has 1 amide bonds. The van der Waals surface area contributed by atoms with Crippen LogP contribution in [0, 0.1) is 0 Å². The van der Waals surface area contributed by atoms with Gasteiger partial charge in [0, 0.05) is 6.54 Å². The highest BCUT2D eigenvalue weighted by Gasteiger charge is 2.02. The molecule has 88 valence electrons. The molecule has 0 fully saturated rings. The van der Waals surface area contributed by atoms with Gasteiger partial charge in [0.15, 0.2) is 5.11 Å². The van der Waals surface area contributed by atoms with Crippen LogP contribution < -0.4 is 10.6 Å². The molecule has 0 aliphatic rings. The van der Waals surface area contributed by atoms with E-state index in [0.29, 0.717) is 11.7 Å². The smallest absolute Gasteiger partial charge is 0.413 e. The summed E-state index contributed by atoms with van der Waals surface area (Å²) in [5.41, 5.74) is 0. The summed E-state index contributed by atoms with van der Waals surface area (Å²) in [6, 6.07) is 0. The fourth-order valence-electron chi connectivity index (χ4n) is 0.901. The lowest BCUT2D eigenvalue weighted by Crippen LogP contribution is -2.40. The van der Waals surface area contributed by atoms with Gasteiger partial charge in [-0.25, -0.2) is 4.79 Å². The number of amides is 1. The number of hydrogen-bond donors (Lipinski definition) is 2. The molecule has 0 saturated heterocycles. The molecule has 5 nitrogen and oxygen atoms in total. The van der Waals surface area contributed by atoms with Crippen molar-refractivity contribution in [1.82, 2.24) is 15.5 Å². The molecule has 0 bridgehead atoms. The number of rotatable bonds is 5. The maximum Gasteiger partial charge on any atom is 0.413 e. The summed E-state index contributed by atoms with van der Waals surface area (Å²) >= 11 is 4.89. The van der Waals surface area contributed by atoms with E-state index in [1.807, 2.05) is 14.1 Å². The van der Waals surface area contributed by atoms with E-state index in [4.69, 9.17) is 12.2 Å². The number of nitrogens with zero attached hydrogens (tertiary/aromatic N) is 1. The van der Waals surface area contributed by atoms with Crippen molar-refractivity contribution in [3.63, 3.8) is 0 Å². The fourth-order valence-corrected chi connectivity index (χ4v) is 1.09. The predicted molar refractivity (Wildman–Crippen MR) is 63.9 cm³/mol. The zero-order chi connectivity index (χ0) is 11.7. The summed E-state index contributed by atoms with van der Waals surface area (Å²) in [6.45, 7) is 3.81. The number of thiocarbonyl (C=S) groups is 1. The van der Waals surface area contributed by atoms with Crippen LogP contribution in [0.5, 0.6) is 0 Å². The zero-order valence-corrected chi connectivity index (χ0v) is 10.3. The molecule has 0 aromatic heterocycles. The van der Waals surface area contributed by atoms with E-state index >= 15 is 0 Å². The second-order valence-electron chi connectivity index (χ2n) is 3.26. The quantitative estimate of drug-likeness (QED) is 0.537. The topological polar surface area (TPSA) is 53.6 Å². The highest BCUT2D eigenvalue weighted by atomic mass is 32.1. The summed E-state index contributed by atoms with van der Waals surface area (Å²) in [4.78, 5) is 13.0. The lowest BCUT2D eigenvalue weighted by Gasteiger charge is -2.11. The number of carbonyl (C=O) groups is 1. The van der Waals surface area contributed by atoms with Crippen LogP contribution in [0.1, 0.15) is 13.3 Å². The second kappa shape index (κ2) is 8.43. The van der Waals surface area contributed by atoms with Crippen molar-refractivity contribution < 1.29 is 9.53 Å². The first kappa shape index (κ1) is 14.1. The van der Waals surface area contributed by atoms with Crippen molar-refractivity contribution in [2.45, 2.75) is 13.3 Å². The Kier molecular flexibility index (Phi) is 7.94. The van der Waals surface area contributed by atoms with Crippen molar-refractivity contribution in [1.29, 1.82) is 0 Å². The van der Waals surface area contributed by atoms with Crippen LogP contribution in [0.3, 0.4) is 0 Å². The molecule has 0 aliphatic heterocycles. The van der Waals surface area contributed by atoms with Gasteiger partial charge in [-0.2, -0.15) is 0 Å². The van der Waals surface area contributed by atoms with Crippen LogP contribution in [0.15, 0.2) is 0 Å². The number of hydrogen-bond acceptors (Lipinski definition) is 4. The van der Waals surface area contributed by atoms with Gasteiger partial charge in [0.25, 0.3) is 0 Å². The van der Waals surface area contributed by atoms with Crippen LogP contribution in [-0.4, -0.2) is 49.9 Å². The Morgan fingerprint density at radius 2 is 2.13 bits per heavy atom. The van der Waals surface area contributed by atoms with Gasteiger partial charge in [-0.1, -0.05) is 0 Å². The minimum Gasteiger partial charge on any atom is -0.450 e. The van der Waals surface area contributed by atoms with E-state index in [-0.39, 0.29) is 0 Å². The average molecular weight is 233 g/mol. The van der Waals surface area contributed by atoms with Gasteiger partial charge < -0.3 is 15.0 Å². The van der Waals surface area contributed by atoms with E-state index in [0.717, 1.165) is 19.5 Å². The first-order valence-electron chi connectivity index (χ1n) is 4.92. The van der Waals surface area contributed by atoms with Crippen molar-refractivity contribution in [2.75, 3.05) is 33.8 Å². The molecule has 0 aromatic rings. The molecule has 0 radical (unpaired) electrons. The molecule has 0 aromatic carbocycles. The molecular formula is C9H19N3O2S. The minimum absolute atomic E-state index is 0.312. The SMILES string of the molecule is CCOC(=O)NC(=S)NCCCN(C)C. The van der Waals surface area contributed by atoms with Gasteiger partial charge >= 0.3 is 6.09 Å². The van der Waals surface area contributed by atoms with Crippen molar-refractivity contribution in [3.05, 3.63) is 0 Å². The third-order valence-electron chi connectivity index (χ3n) is 1.56. The minimum atomic E-state index is -0.511. The molecule has 2 N–H and O–H groups in total. The molecule has 0 unspecified atom stereocenters. The van der Waals surface area contributed by atoms with E-state index in [1.165, 1.54) is 0 Å². The molecular weight excluding hydrogens is 214 g/mol. The Balaban J connectivity index is 3.45. The highest BCUT2D eigenvalue weighted by molar-refractivity contribution is 7.80. The van der Waals surface area contributed by atoms with E-state index in [1.54, 1.807) is 6.92 Å². The number of ether oxygens (including phenoxy) is 1. The monoisotopic (exact) mass is 233 g/mol. The Morgan fingerprint density at radius 1 is 1.47 bits per heavy atom. The molecule has 6 heteroatoms. The summed E-state index contributed by atoms with van der Waals surface area (Å²) in [5, 5.41) is 5.65. The molecule has 0 atom stereocenters. The lowest BCUT2D eigenvalue weighted by molar-refractivity contribution is 0.157. The Labute approximate surface area is 96.2 Å². The van der Waals surface area contributed by atoms with Crippen LogP contribution in [0.25, 0.3) is 0 Å². The molecule has 15 heavy (non-hydrogen) atoms. The van der Waals surface area contributed by atoms with Gasteiger partial charge in [0.2, 0.25) is 0 Å². The van der Waals surface area contributed by atoms with Crippen molar-refractivity contribution in [2.24, 2.45) is 0 Å². The highest BCUT2D eigenvalue weighted by Crippen LogP contribution is 1.82. The van der Waals surface area contributed by atoms with Crippen LogP contribution in [0.2, 0.25) is 0 Å². The first-order chi connectivity index (χ1) is 7.06. The molecule has 0 rings (SSSR count). The Morgan fingerprint density at radius 3 is 2.67 bits per heavy atom. The fraction of sp³-hybridized carbons (Fsp3) is 0.778. The number of carbonyl (C=O) groups excluding carboxylic acids is 1. The third-order valence-corrected chi connectivity index (χ3v) is 1.81. The molecule has 0 heterocycles. The summed E-state index contributed by atoms with van der Waals surface area (Å²) < 4.78 is 4.67. The number of nitrogens with one attached hydrogen (secondary N) is 2. The average Bonchev–Trinajstić information content (AvgIpc) is 2.12. The third kappa shape index (κ3) is 9.42. The van der Waals surface area contributed by atoms with Crippen LogP contribution >= 0.6 is 12.2 Å². The summed E-state index contributed by atoms with van der Waals surface area (Å²) in [6.07, 6.45) is 0.458. The van der Waals surface area contributed by atoms with E-state index in [2.05, 4.69) is 20.3 Å². The zero-order valence-electron chi connectivity index (χ0n) is 9.50. The van der Waals surface area contributed by atoms with Gasteiger partial charge in [-0.15, -0.1) is 0 Å². The first-order valence-corrected chi connectivity index (χ1v) is 5.33. The van der Waals surface area contributed by atoms with Crippen molar-refractivity contribution >= 4 is 23.4 Å². The van der Waals surface area contributed by atoms with Gasteiger partial charge in [-0.3, -0.25) is 5.32 Å². The van der Waals surface area contributed by atoms with E-state index < -0.39 is 6.09 Å². The van der Waals surface area contributed by atoms with Gasteiger partial charge in [-0.05, 0) is 46.2 Å². The molecule has 0 saturated carbocycles.